The van der Waals surface area contributed by atoms with Crippen LogP contribution in [0.1, 0.15) is 17.3 Å². The van der Waals surface area contributed by atoms with Gasteiger partial charge in [-0.1, -0.05) is 0 Å². The van der Waals surface area contributed by atoms with Gasteiger partial charge in [-0.25, -0.2) is 9.18 Å². The van der Waals surface area contributed by atoms with E-state index in [0.29, 0.717) is 26.4 Å². The van der Waals surface area contributed by atoms with E-state index in [2.05, 4.69) is 0 Å². The van der Waals surface area contributed by atoms with Gasteiger partial charge in [0.2, 0.25) is 0 Å². The molecule has 6 heteroatoms. The summed E-state index contributed by atoms with van der Waals surface area (Å²) < 4.78 is 28.8. The minimum absolute atomic E-state index is 0.0124. The fourth-order valence-corrected chi connectivity index (χ4v) is 1.33. The van der Waals surface area contributed by atoms with Gasteiger partial charge in [-0.2, -0.15) is 0 Å². The number of carboxylic acid groups (broad SMARTS) is 1. The molecule has 0 aliphatic carbocycles. The van der Waals surface area contributed by atoms with E-state index in [1.165, 1.54) is 12.1 Å². The van der Waals surface area contributed by atoms with E-state index in [1.54, 1.807) is 0 Å². The Morgan fingerprint density at radius 2 is 1.89 bits per heavy atom. The Bertz CT molecular complexity index is 408. The van der Waals surface area contributed by atoms with Crippen molar-refractivity contribution in [3.63, 3.8) is 0 Å². The third-order valence-electron chi connectivity index (χ3n) is 2.24. The van der Waals surface area contributed by atoms with Crippen molar-refractivity contribution < 1.29 is 28.5 Å². The molecule has 19 heavy (non-hydrogen) atoms. The lowest BCUT2D eigenvalue weighted by molar-refractivity contribution is 0.0400. The molecule has 0 spiro atoms. The van der Waals surface area contributed by atoms with Gasteiger partial charge in [0.25, 0.3) is 0 Å². The van der Waals surface area contributed by atoms with Crippen LogP contribution in [0.15, 0.2) is 18.2 Å². The van der Waals surface area contributed by atoms with Gasteiger partial charge in [0.1, 0.15) is 6.61 Å². The van der Waals surface area contributed by atoms with Crippen LogP contribution in [0.4, 0.5) is 4.39 Å². The highest BCUT2D eigenvalue weighted by Crippen LogP contribution is 2.18. The Balaban J connectivity index is 2.28. The summed E-state index contributed by atoms with van der Waals surface area (Å²) in [6, 6.07) is 3.50. The molecule has 0 saturated heterocycles. The van der Waals surface area contributed by atoms with Crippen LogP contribution in [0.25, 0.3) is 0 Å². The van der Waals surface area contributed by atoms with Gasteiger partial charge in [0, 0.05) is 6.61 Å². The highest BCUT2D eigenvalue weighted by Gasteiger charge is 2.08. The van der Waals surface area contributed by atoms with E-state index in [-0.39, 0.29) is 17.9 Å². The van der Waals surface area contributed by atoms with Crippen molar-refractivity contribution in [2.45, 2.75) is 6.92 Å². The van der Waals surface area contributed by atoms with E-state index in [9.17, 15) is 9.18 Å². The van der Waals surface area contributed by atoms with E-state index in [1.807, 2.05) is 6.92 Å². The minimum atomic E-state index is -1.18. The van der Waals surface area contributed by atoms with E-state index in [4.69, 9.17) is 19.3 Å². The average Bonchev–Trinajstić information content (AvgIpc) is 2.39. The lowest BCUT2D eigenvalue weighted by Crippen LogP contribution is -2.11. The lowest BCUT2D eigenvalue weighted by Gasteiger charge is -2.08. The Labute approximate surface area is 110 Å². The number of halogens is 1. The molecule has 0 bridgehead atoms. The van der Waals surface area contributed by atoms with Crippen molar-refractivity contribution in [2.24, 2.45) is 0 Å². The summed E-state index contributed by atoms with van der Waals surface area (Å²) in [5.74, 6) is -1.86. The monoisotopic (exact) mass is 272 g/mol. The Morgan fingerprint density at radius 1 is 1.21 bits per heavy atom. The normalized spacial score (nSPS) is 10.4. The molecule has 0 atom stereocenters. The quantitative estimate of drug-likeness (QED) is 0.696. The summed E-state index contributed by atoms with van der Waals surface area (Å²) in [6.45, 7) is 4.01. The van der Waals surface area contributed by atoms with Gasteiger partial charge in [-0.05, 0) is 25.1 Å². The molecule has 0 aliphatic rings. The first-order valence-corrected chi connectivity index (χ1v) is 5.96. The summed E-state index contributed by atoms with van der Waals surface area (Å²) in [4.78, 5) is 10.6. The highest BCUT2D eigenvalue weighted by molar-refractivity contribution is 5.87. The molecule has 1 aromatic rings. The third-order valence-corrected chi connectivity index (χ3v) is 2.24. The molecule has 0 amide bonds. The van der Waals surface area contributed by atoms with Crippen LogP contribution in [0.2, 0.25) is 0 Å². The Hall–Kier alpha value is -1.66. The largest absolute Gasteiger partial charge is 0.488 e. The van der Waals surface area contributed by atoms with Gasteiger partial charge < -0.3 is 19.3 Å². The maximum Gasteiger partial charge on any atom is 0.335 e. The van der Waals surface area contributed by atoms with Crippen molar-refractivity contribution in [3.05, 3.63) is 29.6 Å². The van der Waals surface area contributed by atoms with Gasteiger partial charge in [-0.15, -0.1) is 0 Å². The first-order chi connectivity index (χ1) is 9.15. The molecule has 1 N–H and O–H groups in total. The highest BCUT2D eigenvalue weighted by atomic mass is 19.1. The molecular weight excluding hydrogens is 255 g/mol. The molecule has 0 aromatic heterocycles. The molecule has 0 aliphatic heterocycles. The standard InChI is InChI=1S/C13H17FO5/c1-2-17-5-6-18-7-8-19-12-4-3-10(13(15)16)9-11(12)14/h3-4,9H,2,5-8H2,1H3,(H,15,16). The number of rotatable bonds is 9. The molecule has 0 fully saturated rings. The van der Waals surface area contributed by atoms with Gasteiger partial charge in [0.05, 0.1) is 25.4 Å². The first kappa shape index (κ1) is 15.4. The number of carboxylic acids is 1. The van der Waals surface area contributed by atoms with Crippen molar-refractivity contribution in [2.75, 3.05) is 33.0 Å². The number of aromatic carboxylic acids is 1. The average molecular weight is 272 g/mol. The summed E-state index contributed by atoms with van der Waals surface area (Å²) in [7, 11) is 0. The number of benzene rings is 1. The SMILES string of the molecule is CCOCCOCCOc1ccc(C(=O)O)cc1F. The van der Waals surface area contributed by atoms with Crippen molar-refractivity contribution in [3.8, 4) is 5.75 Å². The maximum atomic E-state index is 13.4. The zero-order valence-electron chi connectivity index (χ0n) is 10.7. The van der Waals surface area contributed by atoms with E-state index >= 15 is 0 Å². The smallest absolute Gasteiger partial charge is 0.335 e. The minimum Gasteiger partial charge on any atom is -0.488 e. The number of carbonyl (C=O) groups is 1. The van der Waals surface area contributed by atoms with Gasteiger partial charge >= 0.3 is 5.97 Å². The Kier molecular flexibility index (Phi) is 6.84. The van der Waals surface area contributed by atoms with Crippen LogP contribution in [0, 0.1) is 5.82 Å². The summed E-state index contributed by atoms with van der Waals surface area (Å²) in [6.07, 6.45) is 0. The third kappa shape index (κ3) is 5.67. The Morgan fingerprint density at radius 3 is 2.53 bits per heavy atom. The van der Waals surface area contributed by atoms with Gasteiger partial charge in [0.15, 0.2) is 11.6 Å². The molecule has 0 radical (unpaired) electrons. The number of hydrogen-bond acceptors (Lipinski definition) is 4. The summed E-state index contributed by atoms with van der Waals surface area (Å²) >= 11 is 0. The zero-order chi connectivity index (χ0) is 14.1. The molecule has 0 unspecified atom stereocenters. The van der Waals surface area contributed by atoms with Crippen LogP contribution in [-0.4, -0.2) is 44.1 Å². The van der Waals surface area contributed by atoms with Crippen LogP contribution >= 0.6 is 0 Å². The van der Waals surface area contributed by atoms with Crippen molar-refractivity contribution in [1.29, 1.82) is 0 Å². The second-order valence-electron chi connectivity index (χ2n) is 3.61. The van der Waals surface area contributed by atoms with Crippen molar-refractivity contribution >= 4 is 5.97 Å². The van der Waals surface area contributed by atoms with Crippen LogP contribution in [-0.2, 0) is 9.47 Å². The first-order valence-electron chi connectivity index (χ1n) is 5.96. The predicted octanol–water partition coefficient (Wildman–Crippen LogP) is 1.96. The fraction of sp³-hybridized carbons (Fsp3) is 0.462. The zero-order valence-corrected chi connectivity index (χ0v) is 10.7. The lowest BCUT2D eigenvalue weighted by atomic mass is 10.2. The molecule has 0 saturated carbocycles. The summed E-state index contributed by atoms with van der Waals surface area (Å²) in [5.41, 5.74) is -0.113. The summed E-state index contributed by atoms with van der Waals surface area (Å²) in [5, 5.41) is 8.68. The van der Waals surface area contributed by atoms with Crippen LogP contribution in [0.3, 0.4) is 0 Å². The molecule has 0 heterocycles. The molecule has 1 aromatic carbocycles. The topological polar surface area (TPSA) is 65.0 Å². The van der Waals surface area contributed by atoms with Crippen LogP contribution < -0.4 is 4.74 Å². The molecule has 1 rings (SSSR count). The maximum absolute atomic E-state index is 13.4. The predicted molar refractivity (Wildman–Crippen MR) is 66.2 cm³/mol. The second-order valence-corrected chi connectivity index (χ2v) is 3.61. The van der Waals surface area contributed by atoms with E-state index in [0.717, 1.165) is 6.07 Å². The molecular formula is C13H17FO5. The molecule has 106 valence electrons. The van der Waals surface area contributed by atoms with Gasteiger partial charge in [-0.3, -0.25) is 0 Å². The van der Waals surface area contributed by atoms with Crippen LogP contribution in [0.5, 0.6) is 5.75 Å². The number of ether oxygens (including phenoxy) is 3. The fourth-order valence-electron chi connectivity index (χ4n) is 1.33. The molecule has 5 nitrogen and oxygen atoms in total. The second kappa shape index (κ2) is 8.44. The van der Waals surface area contributed by atoms with E-state index < -0.39 is 11.8 Å². The van der Waals surface area contributed by atoms with Crippen molar-refractivity contribution in [1.82, 2.24) is 0 Å². The number of hydrogen-bond donors (Lipinski definition) is 1.